The molecular weight excluding hydrogens is 979 g/mol. The quantitative estimate of drug-likeness (QED) is 0.0808. The van der Waals surface area contributed by atoms with Crippen molar-refractivity contribution in [1.82, 2.24) is 0 Å². The number of aliphatic hydroxyl groups excluding tert-OH is 13. The molecular formula is C46H66AlO25. The average Bonchev–Trinajstić information content (AvgIpc) is 3.32. The van der Waals surface area contributed by atoms with Crippen molar-refractivity contribution in [2.24, 2.45) is 82.9 Å². The van der Waals surface area contributed by atoms with E-state index in [4.69, 9.17) is 17.1 Å². The molecule has 8 fully saturated rings. The number of carboxylic acid groups (broad SMARTS) is 2. The highest BCUT2D eigenvalue weighted by molar-refractivity contribution is 6.18. The van der Waals surface area contributed by atoms with Crippen LogP contribution < -0.4 is 0 Å². The Morgan fingerprint density at radius 3 is 1.32 bits per heavy atom. The van der Waals surface area contributed by atoms with E-state index >= 15 is 0 Å². The molecule has 26 heteroatoms. The molecule has 0 spiro atoms. The van der Waals surface area contributed by atoms with Crippen LogP contribution in [0.5, 0.6) is 0 Å². The zero-order valence-corrected chi connectivity index (χ0v) is 40.4. The van der Waals surface area contributed by atoms with E-state index in [0.717, 1.165) is 0 Å². The minimum Gasteiger partial charge on any atom is -0.481 e. The van der Waals surface area contributed by atoms with E-state index in [0.29, 0.717) is 0 Å². The molecule has 0 aromatic carbocycles. The Morgan fingerprint density at radius 1 is 0.444 bits per heavy atom. The van der Waals surface area contributed by atoms with Gasteiger partial charge in [0.25, 0.3) is 0 Å². The smallest absolute Gasteiger partial charge is 0.481 e. The summed E-state index contributed by atoms with van der Waals surface area (Å²) in [6.07, 6.45) is -31.8. The van der Waals surface area contributed by atoms with Gasteiger partial charge in [0, 0.05) is 54.6 Å². The highest BCUT2D eigenvalue weighted by Gasteiger charge is 2.67. The monoisotopic (exact) mass is 1050 g/mol. The van der Waals surface area contributed by atoms with Crippen molar-refractivity contribution in [3.05, 3.63) is 0 Å². The molecule has 15 N–H and O–H groups in total. The van der Waals surface area contributed by atoms with Gasteiger partial charge in [0.1, 0.15) is 65.9 Å². The van der Waals surface area contributed by atoms with Gasteiger partial charge in [-0.3, -0.25) is 28.8 Å². The minimum absolute atomic E-state index is 0.253. The summed E-state index contributed by atoms with van der Waals surface area (Å²) in [5.74, 6) is -24.7. The molecule has 1 radical (unpaired) electrons. The van der Waals surface area contributed by atoms with Crippen molar-refractivity contribution in [3.63, 3.8) is 0 Å². The summed E-state index contributed by atoms with van der Waals surface area (Å²) in [6.45, 7) is 1.43. The molecule has 8 rings (SSSR count). The number of aliphatic carboxylic acids is 2. The van der Waals surface area contributed by atoms with Crippen LogP contribution in [0.3, 0.4) is 0 Å². The second kappa shape index (κ2) is 21.5. The molecule has 31 unspecified atom stereocenters. The van der Waals surface area contributed by atoms with Crippen LogP contribution in [0, 0.1) is 82.9 Å². The van der Waals surface area contributed by atoms with Crippen molar-refractivity contribution in [1.29, 1.82) is 0 Å². The summed E-state index contributed by atoms with van der Waals surface area (Å²) in [4.78, 5) is 83.4. The summed E-state index contributed by atoms with van der Waals surface area (Å²) in [5.41, 5.74) is 0. The van der Waals surface area contributed by atoms with E-state index < -0.39 is 270 Å². The number of Topliss-reactive ketones (excluding diaryl/α,β-unsaturated/α-hetero) is 4. The highest BCUT2D eigenvalue weighted by Crippen LogP contribution is 2.53. The Kier molecular flexibility index (Phi) is 16.6. The lowest BCUT2D eigenvalue weighted by molar-refractivity contribution is -0.249. The van der Waals surface area contributed by atoms with Crippen LogP contribution in [-0.2, 0) is 45.8 Å². The van der Waals surface area contributed by atoms with E-state index in [1.807, 2.05) is 0 Å². The maximum atomic E-state index is 14.7. The molecule has 0 bridgehead atoms. The standard InChI is InChI=1S/C23H33O13.C23H33O12.Al/c1-5-10-7(3-8(25)11(5)23(34)35)15(27)12-13(17(10)29)19(31)22(21(33)18(12)30)36-9-2-6(4-24)14(26)20(32)16(9)28;1-6-13-8(3-10(25)14(6)23(33)34)18(28)15-9(17(13)27)4-12(19(29)21(15)31)35-11-2-7(5-24)16(26)22(32)20(11)30;/h5-14,16,18-22,24-26,28,31-33H,2-4H2,1H3,(H,34,35);6-16,19-22,24-26,29-30,32H,2-5H2,1H3,(H,33,34);/q2*-1;+2. The number of hydrogen-bond donors (Lipinski definition) is 15. The maximum Gasteiger partial charge on any atom is 0.668 e. The molecule has 0 aliphatic heterocycles. The molecule has 0 amide bonds. The number of fused-ring (bicyclic) bond motifs is 4. The molecule has 403 valence electrons. The third kappa shape index (κ3) is 9.26. The van der Waals surface area contributed by atoms with Gasteiger partial charge in [0.15, 0.2) is 0 Å². The number of carboxylic acids is 2. The van der Waals surface area contributed by atoms with E-state index in [1.165, 1.54) is 13.8 Å². The van der Waals surface area contributed by atoms with Gasteiger partial charge in [-0.25, -0.2) is 0 Å². The van der Waals surface area contributed by atoms with Gasteiger partial charge in [-0.1, -0.05) is 13.8 Å². The predicted molar refractivity (Wildman–Crippen MR) is 232 cm³/mol. The van der Waals surface area contributed by atoms with Crippen LogP contribution >= 0.6 is 0 Å². The van der Waals surface area contributed by atoms with Gasteiger partial charge >= 0.3 is 27.8 Å². The first-order chi connectivity index (χ1) is 33.9. The molecule has 31 atom stereocenters. The van der Waals surface area contributed by atoms with Crippen LogP contribution in [-0.4, -0.2) is 245 Å². The molecule has 72 heavy (non-hydrogen) atoms. The SMILES string of the molecule is CC1C(C(=O)O)C(O)CC2C(=O)C3C(CC(OC4CC(CO)C(O)C(O)C4O)C(O)C3[O][Al][O]C3C(O)C(OC4CC(CO)C(O)C(O)C4O)C(O)C4C(=O)C5C(CC(O)C(C(=O)O)C5C)C(=O)C34)C(=O)C21. The van der Waals surface area contributed by atoms with Crippen molar-refractivity contribution in [2.45, 2.75) is 150 Å². The zero-order chi connectivity index (χ0) is 52.8. The van der Waals surface area contributed by atoms with Gasteiger partial charge < -0.3 is 93.6 Å². The third-order valence-corrected chi connectivity index (χ3v) is 19.0. The molecule has 8 aliphatic carbocycles. The van der Waals surface area contributed by atoms with Crippen LogP contribution in [0.1, 0.15) is 46.0 Å². The van der Waals surface area contributed by atoms with Crippen LogP contribution in [0.4, 0.5) is 0 Å². The average molecular weight is 1050 g/mol. The topological polar surface area (TPSA) is 443 Å². The number of ether oxygens (including phenoxy) is 2. The Morgan fingerprint density at radius 2 is 0.847 bits per heavy atom. The molecule has 25 nitrogen and oxygen atoms in total. The van der Waals surface area contributed by atoms with E-state index in [2.05, 4.69) is 0 Å². The molecule has 0 aromatic heterocycles. The number of rotatable bonds is 12. The fourth-order valence-electron chi connectivity index (χ4n) is 14.4. The summed E-state index contributed by atoms with van der Waals surface area (Å²) in [7, 11) is 0. The molecule has 0 saturated heterocycles. The van der Waals surface area contributed by atoms with Gasteiger partial charge in [-0.05, 0) is 43.9 Å². The lowest BCUT2D eigenvalue weighted by Crippen LogP contribution is -2.70. The lowest BCUT2D eigenvalue weighted by atomic mass is 9.52. The van der Waals surface area contributed by atoms with Crippen molar-refractivity contribution in [3.8, 4) is 0 Å². The first-order valence-corrected chi connectivity index (χ1v) is 25.6. The van der Waals surface area contributed by atoms with Crippen molar-refractivity contribution < 1.29 is 122 Å². The molecule has 0 aromatic rings. The lowest BCUT2D eigenvalue weighted by Gasteiger charge is -2.55. The molecule has 0 heterocycles. The Hall–Kier alpha value is -2.53. The van der Waals surface area contributed by atoms with Gasteiger partial charge in [-0.15, -0.1) is 0 Å². The zero-order valence-electron chi connectivity index (χ0n) is 39.2. The van der Waals surface area contributed by atoms with Crippen LogP contribution in [0.25, 0.3) is 0 Å². The largest absolute Gasteiger partial charge is 0.668 e. The summed E-state index contributed by atoms with van der Waals surface area (Å²) >= 11 is -2.15. The first kappa shape index (κ1) is 55.7. The summed E-state index contributed by atoms with van der Waals surface area (Å²) < 4.78 is 24.6. The number of carbonyl (C=O) groups is 6. The van der Waals surface area contributed by atoms with Gasteiger partial charge in [0.05, 0.1) is 90.6 Å². The Labute approximate surface area is 418 Å². The normalized spacial score (nSPS) is 52.6. The summed E-state index contributed by atoms with van der Waals surface area (Å²) in [5, 5.41) is 162. The van der Waals surface area contributed by atoms with Crippen LogP contribution in [0.2, 0.25) is 0 Å². The summed E-state index contributed by atoms with van der Waals surface area (Å²) in [6, 6.07) is 0. The Bertz CT molecular complexity index is 2060. The van der Waals surface area contributed by atoms with Crippen LogP contribution in [0.15, 0.2) is 0 Å². The first-order valence-electron chi connectivity index (χ1n) is 24.6. The van der Waals surface area contributed by atoms with Crippen molar-refractivity contribution >= 4 is 51.0 Å². The maximum absolute atomic E-state index is 14.7. The fourth-order valence-corrected chi connectivity index (χ4v) is 15.4. The highest BCUT2D eigenvalue weighted by atomic mass is 27.2. The fraction of sp³-hybridized carbons (Fsp3) is 0.870. The minimum atomic E-state index is -2.15. The number of carbonyl (C=O) groups excluding carboxylic acids is 4. The second-order valence-electron chi connectivity index (χ2n) is 21.8. The number of ketones is 4. The number of hydrogen-bond acceptors (Lipinski definition) is 23. The van der Waals surface area contributed by atoms with Gasteiger partial charge in [0.2, 0.25) is 0 Å². The van der Waals surface area contributed by atoms with E-state index in [9.17, 15) is 105 Å². The van der Waals surface area contributed by atoms with E-state index in [1.54, 1.807) is 0 Å². The Balaban J connectivity index is 1.12. The third-order valence-electron chi connectivity index (χ3n) is 18.1. The molecule has 8 aliphatic rings. The number of aliphatic hydroxyl groups is 13. The van der Waals surface area contributed by atoms with E-state index in [-0.39, 0.29) is 12.8 Å². The van der Waals surface area contributed by atoms with Gasteiger partial charge in [-0.2, -0.15) is 0 Å². The van der Waals surface area contributed by atoms with Crippen molar-refractivity contribution in [2.75, 3.05) is 13.2 Å². The second-order valence-corrected chi connectivity index (χ2v) is 22.5. The predicted octanol–water partition coefficient (Wildman–Crippen LogP) is -7.08. The molecule has 8 saturated carbocycles.